The fourth-order valence-electron chi connectivity index (χ4n) is 6.26. The summed E-state index contributed by atoms with van der Waals surface area (Å²) in [6.45, 7) is 15.8. The number of fused-ring (bicyclic) bond motifs is 1. The van der Waals surface area contributed by atoms with Gasteiger partial charge in [0.05, 0.1) is 28.4 Å². The molecule has 18 heteroatoms. The molecular formula is C41H48FN9O7S. The molecule has 6 rings (SSSR count). The molecule has 4 amide bonds. The monoisotopic (exact) mass is 829 g/mol. The first-order valence-electron chi connectivity index (χ1n) is 19.0. The Hall–Kier alpha value is -6.04. The van der Waals surface area contributed by atoms with E-state index in [4.69, 9.17) is 19.2 Å². The zero-order valence-corrected chi connectivity index (χ0v) is 35.6. The molecule has 1 aromatic carbocycles. The van der Waals surface area contributed by atoms with E-state index in [0.29, 0.717) is 56.2 Å². The molecule has 0 aliphatic carbocycles. The van der Waals surface area contributed by atoms with Crippen molar-refractivity contribution in [3.8, 4) is 21.8 Å². The molecule has 16 nitrogen and oxygen atoms in total. The average Bonchev–Trinajstić information content (AvgIpc) is 3.77. The number of hydrogen-bond acceptors (Lipinski definition) is 13. The fourth-order valence-corrected chi connectivity index (χ4v) is 7.28. The van der Waals surface area contributed by atoms with Crippen LogP contribution in [-0.4, -0.2) is 95.0 Å². The first kappa shape index (κ1) is 42.6. The van der Waals surface area contributed by atoms with E-state index in [0.717, 1.165) is 0 Å². The van der Waals surface area contributed by atoms with Crippen molar-refractivity contribution >= 4 is 57.4 Å². The molecule has 0 spiro atoms. The molecule has 59 heavy (non-hydrogen) atoms. The number of pyridine rings is 1. The number of halogens is 1. The fraction of sp³-hybridized carbons (Fsp3) is 0.439. The number of rotatable bonds is 6. The second-order valence-electron chi connectivity index (χ2n) is 17.1. The number of amides is 4. The van der Waals surface area contributed by atoms with Crippen LogP contribution in [0.2, 0.25) is 0 Å². The maximum Gasteiger partial charge on any atom is 0.427 e. The van der Waals surface area contributed by atoms with Gasteiger partial charge < -0.3 is 19.1 Å². The van der Waals surface area contributed by atoms with Gasteiger partial charge >= 0.3 is 18.3 Å². The summed E-state index contributed by atoms with van der Waals surface area (Å²) in [7, 11) is 1.70. The Morgan fingerprint density at radius 2 is 1.51 bits per heavy atom. The third-order valence-electron chi connectivity index (χ3n) is 8.63. The van der Waals surface area contributed by atoms with Crippen molar-refractivity contribution in [2.75, 3.05) is 22.9 Å². The van der Waals surface area contributed by atoms with Crippen molar-refractivity contribution < 1.29 is 37.8 Å². The third kappa shape index (κ3) is 10.2. The van der Waals surface area contributed by atoms with Crippen molar-refractivity contribution in [1.29, 1.82) is 0 Å². The molecule has 4 aromatic heterocycles. The minimum Gasteiger partial charge on any atom is -0.444 e. The second-order valence-corrected chi connectivity index (χ2v) is 18.1. The van der Waals surface area contributed by atoms with Gasteiger partial charge in [-0.15, -0.1) is 21.3 Å². The molecule has 0 bridgehead atoms. The standard InChI is InChI=1S/C41H48FN9O7S/c1-39(2,3)56-36(53)49-19-11-12-25(22-49)50(34(52)26-14-13-24(20-28(26)42)30-23-48(10)47-46-30)33-27-21-32(59-31(27)16-18-43-33)29-15-17-44-35(45-29)51(37(54)57-40(4,5)6)38(55)58-41(7,8)9/h13-18,20-21,23,25H,11-12,19,22H2,1-10H3/t25-/m1/s1. The van der Waals surface area contributed by atoms with E-state index in [2.05, 4.69) is 20.3 Å². The SMILES string of the molecule is Cn1cc(-c2ccc(C(=O)N(c3nccc4sc(-c5ccnc(N(C(=O)OC(C)(C)C)C(=O)OC(C)(C)C)n5)cc34)[C@@H]3CCCN(C(=O)OC(C)(C)C)C3)c(F)c2)nn1. The molecule has 5 aromatic rings. The van der Waals surface area contributed by atoms with Gasteiger partial charge in [0.25, 0.3) is 5.91 Å². The highest BCUT2D eigenvalue weighted by Gasteiger charge is 2.38. The second kappa shape index (κ2) is 16.3. The van der Waals surface area contributed by atoms with Crippen LogP contribution in [0.25, 0.3) is 31.9 Å². The molecule has 312 valence electrons. The molecule has 0 radical (unpaired) electrons. The van der Waals surface area contributed by atoms with Crippen LogP contribution in [0.1, 0.15) is 85.5 Å². The minimum atomic E-state index is -1.02. The largest absolute Gasteiger partial charge is 0.444 e. The maximum absolute atomic E-state index is 16.1. The van der Waals surface area contributed by atoms with Gasteiger partial charge in [0, 0.05) is 48.2 Å². The molecular weight excluding hydrogens is 782 g/mol. The average molecular weight is 830 g/mol. The Morgan fingerprint density at radius 1 is 0.847 bits per heavy atom. The van der Waals surface area contributed by atoms with E-state index in [9.17, 15) is 19.2 Å². The summed E-state index contributed by atoms with van der Waals surface area (Å²) in [5.74, 6) is -1.47. The topological polar surface area (TPSA) is 175 Å². The number of aryl methyl sites for hydroxylation is 1. The number of benzene rings is 1. The van der Waals surface area contributed by atoms with Crippen molar-refractivity contribution in [3.05, 3.63) is 66.4 Å². The zero-order valence-electron chi connectivity index (χ0n) is 34.8. The lowest BCUT2D eigenvalue weighted by molar-refractivity contribution is 0.0195. The van der Waals surface area contributed by atoms with E-state index in [1.807, 2.05) is 0 Å². The van der Waals surface area contributed by atoms with Crippen molar-refractivity contribution in [1.82, 2.24) is 34.8 Å². The number of anilines is 2. The quantitative estimate of drug-likeness (QED) is 0.150. The van der Waals surface area contributed by atoms with Crippen LogP contribution < -0.4 is 9.80 Å². The molecule has 0 unspecified atom stereocenters. The first-order chi connectivity index (χ1) is 27.6. The number of thiophene rings is 1. The predicted molar refractivity (Wildman–Crippen MR) is 220 cm³/mol. The Kier molecular flexibility index (Phi) is 11.8. The zero-order chi connectivity index (χ0) is 43.0. The lowest BCUT2D eigenvalue weighted by Crippen LogP contribution is -2.53. The van der Waals surface area contributed by atoms with Gasteiger partial charge in [-0.2, -0.15) is 0 Å². The number of ether oxygens (including phenoxy) is 3. The molecule has 1 saturated heterocycles. The molecule has 5 heterocycles. The molecule has 1 aliphatic heterocycles. The van der Waals surface area contributed by atoms with Crippen LogP contribution in [0, 0.1) is 5.82 Å². The molecule has 1 aliphatic rings. The molecule has 0 N–H and O–H groups in total. The van der Waals surface area contributed by atoms with Gasteiger partial charge in [-0.1, -0.05) is 11.3 Å². The predicted octanol–water partition coefficient (Wildman–Crippen LogP) is 8.41. The molecule has 1 fully saturated rings. The number of nitrogens with zero attached hydrogens (tertiary/aromatic N) is 9. The summed E-state index contributed by atoms with van der Waals surface area (Å²) in [6.07, 6.45) is 3.06. The molecule has 0 saturated carbocycles. The highest BCUT2D eigenvalue weighted by atomic mass is 32.1. The van der Waals surface area contributed by atoms with Crippen LogP contribution in [0.5, 0.6) is 0 Å². The third-order valence-corrected chi connectivity index (χ3v) is 9.75. The summed E-state index contributed by atoms with van der Waals surface area (Å²) in [5, 5.41) is 8.54. The number of hydrogen-bond donors (Lipinski definition) is 0. The van der Waals surface area contributed by atoms with E-state index in [1.165, 1.54) is 39.2 Å². The van der Waals surface area contributed by atoms with Gasteiger partial charge in [0.15, 0.2) is 0 Å². The van der Waals surface area contributed by atoms with E-state index >= 15 is 4.39 Å². The van der Waals surface area contributed by atoms with Crippen molar-refractivity contribution in [2.24, 2.45) is 7.05 Å². The minimum absolute atomic E-state index is 0.107. The normalized spacial score (nSPS) is 14.8. The smallest absolute Gasteiger partial charge is 0.427 e. The number of aromatic nitrogens is 6. The number of imide groups is 1. The van der Waals surface area contributed by atoms with Gasteiger partial charge in [0.2, 0.25) is 5.95 Å². The Labute approximate surface area is 345 Å². The Bertz CT molecular complexity index is 2370. The Balaban J connectivity index is 1.43. The highest BCUT2D eigenvalue weighted by Crippen LogP contribution is 2.39. The van der Waals surface area contributed by atoms with E-state index in [-0.39, 0.29) is 23.9 Å². The van der Waals surface area contributed by atoms with Crippen LogP contribution in [0.4, 0.5) is 30.5 Å². The maximum atomic E-state index is 16.1. The van der Waals surface area contributed by atoms with Gasteiger partial charge in [-0.05, 0) is 105 Å². The van der Waals surface area contributed by atoms with Crippen LogP contribution in [-0.2, 0) is 21.3 Å². The number of piperidine rings is 1. The summed E-state index contributed by atoms with van der Waals surface area (Å²) in [5.41, 5.74) is -1.62. The lowest BCUT2D eigenvalue weighted by atomic mass is 10.0. The lowest BCUT2D eigenvalue weighted by Gasteiger charge is -2.39. The van der Waals surface area contributed by atoms with Gasteiger partial charge in [0.1, 0.15) is 34.1 Å². The van der Waals surface area contributed by atoms with Crippen LogP contribution in [0.15, 0.2) is 55.0 Å². The first-order valence-corrected chi connectivity index (χ1v) is 19.8. The number of carbonyl (C=O) groups is 4. The van der Waals surface area contributed by atoms with Crippen LogP contribution >= 0.6 is 11.3 Å². The Morgan fingerprint density at radius 3 is 2.12 bits per heavy atom. The van der Waals surface area contributed by atoms with Crippen molar-refractivity contribution in [3.63, 3.8) is 0 Å². The van der Waals surface area contributed by atoms with Gasteiger partial charge in [-0.25, -0.2) is 33.7 Å². The summed E-state index contributed by atoms with van der Waals surface area (Å²) < 4.78 is 35.0. The van der Waals surface area contributed by atoms with Crippen molar-refractivity contribution in [2.45, 2.75) is 98.0 Å². The number of likely N-dealkylation sites (tertiary alicyclic amines) is 1. The van der Waals surface area contributed by atoms with Crippen LogP contribution in [0.3, 0.4) is 0 Å². The molecule has 1 atom stereocenters. The summed E-state index contributed by atoms with van der Waals surface area (Å²) >= 11 is 1.32. The van der Waals surface area contributed by atoms with E-state index < -0.39 is 52.8 Å². The van der Waals surface area contributed by atoms with E-state index in [1.54, 1.807) is 111 Å². The summed E-state index contributed by atoms with van der Waals surface area (Å²) in [6, 6.07) is 8.80. The highest BCUT2D eigenvalue weighted by molar-refractivity contribution is 7.22. The summed E-state index contributed by atoms with van der Waals surface area (Å²) in [4.78, 5) is 72.6. The number of carbonyl (C=O) groups excluding carboxylic acids is 4. The van der Waals surface area contributed by atoms with Gasteiger partial charge in [-0.3, -0.25) is 14.4 Å².